The van der Waals surface area contributed by atoms with Gasteiger partial charge in [-0.3, -0.25) is 4.90 Å². The van der Waals surface area contributed by atoms with Gasteiger partial charge in [0.2, 0.25) is 0 Å². The predicted octanol–water partition coefficient (Wildman–Crippen LogP) is 2.98. The van der Waals surface area contributed by atoms with E-state index in [2.05, 4.69) is 12.2 Å². The van der Waals surface area contributed by atoms with Crippen molar-refractivity contribution in [3.05, 3.63) is 23.3 Å². The van der Waals surface area contributed by atoms with Crippen molar-refractivity contribution < 1.29 is 14.3 Å². The molecule has 114 valence electrons. The monoisotopic (exact) mass is 290 g/mol. The summed E-state index contributed by atoms with van der Waals surface area (Å²) < 4.78 is 11.6. The van der Waals surface area contributed by atoms with Crippen LogP contribution in [0, 0.1) is 6.92 Å². The van der Waals surface area contributed by atoms with Crippen LogP contribution in [0.25, 0.3) is 0 Å². The molecule has 1 saturated heterocycles. The van der Waals surface area contributed by atoms with E-state index in [1.807, 2.05) is 26.0 Å². The lowest BCUT2D eigenvalue weighted by Gasteiger charge is -2.51. The molecule has 0 spiro atoms. The maximum Gasteiger partial charge on any atom is 0.320 e. The van der Waals surface area contributed by atoms with Gasteiger partial charge in [0.15, 0.2) is 5.72 Å². The van der Waals surface area contributed by atoms with Crippen molar-refractivity contribution in [1.29, 1.82) is 0 Å². The normalized spacial score (nSPS) is 26.8. The first-order valence-electron chi connectivity index (χ1n) is 7.44. The van der Waals surface area contributed by atoms with Crippen LogP contribution in [0.4, 0.5) is 4.79 Å². The van der Waals surface area contributed by atoms with Crippen LogP contribution in [0.3, 0.4) is 0 Å². The number of aryl methyl sites for hydroxylation is 1. The van der Waals surface area contributed by atoms with Crippen molar-refractivity contribution in [3.8, 4) is 11.5 Å². The van der Waals surface area contributed by atoms with Gasteiger partial charge in [-0.25, -0.2) is 4.79 Å². The number of nitrogens with one attached hydrogen (secondary N) is 1. The van der Waals surface area contributed by atoms with Crippen LogP contribution >= 0.6 is 0 Å². The van der Waals surface area contributed by atoms with Gasteiger partial charge in [-0.15, -0.1) is 0 Å². The van der Waals surface area contributed by atoms with E-state index in [1.54, 1.807) is 12.0 Å². The molecular weight excluding hydrogens is 268 g/mol. The highest BCUT2D eigenvalue weighted by Crippen LogP contribution is 2.46. The predicted molar refractivity (Wildman–Crippen MR) is 79.7 cm³/mol. The summed E-state index contributed by atoms with van der Waals surface area (Å²) in [4.78, 5) is 14.2. The van der Waals surface area contributed by atoms with E-state index in [0.717, 1.165) is 35.5 Å². The zero-order valence-corrected chi connectivity index (χ0v) is 13.0. The second-order valence-corrected chi connectivity index (χ2v) is 5.99. The molecule has 21 heavy (non-hydrogen) atoms. The summed E-state index contributed by atoms with van der Waals surface area (Å²) in [7, 11) is 1.65. The molecule has 1 aromatic rings. The number of ether oxygens (including phenoxy) is 2. The van der Waals surface area contributed by atoms with Crippen molar-refractivity contribution in [2.45, 2.75) is 45.4 Å². The van der Waals surface area contributed by atoms with Crippen LogP contribution < -0.4 is 14.8 Å². The highest BCUT2D eigenvalue weighted by molar-refractivity contribution is 5.77. The summed E-state index contributed by atoms with van der Waals surface area (Å²) in [6, 6.07) is 3.85. The van der Waals surface area contributed by atoms with E-state index >= 15 is 0 Å². The zero-order valence-electron chi connectivity index (χ0n) is 13.0. The van der Waals surface area contributed by atoms with Gasteiger partial charge >= 0.3 is 6.03 Å². The van der Waals surface area contributed by atoms with Crippen LogP contribution in [0.1, 0.15) is 43.9 Å². The van der Waals surface area contributed by atoms with Gasteiger partial charge in [0.25, 0.3) is 0 Å². The van der Waals surface area contributed by atoms with Gasteiger partial charge in [0.1, 0.15) is 11.5 Å². The van der Waals surface area contributed by atoms with Gasteiger partial charge in [-0.05, 0) is 31.9 Å². The number of hydrogen-bond acceptors (Lipinski definition) is 3. The fourth-order valence-corrected chi connectivity index (χ4v) is 3.43. The Balaban J connectivity index is 2.07. The summed E-state index contributed by atoms with van der Waals surface area (Å²) in [6.07, 6.45) is 1.67. The fraction of sp³-hybridized carbons (Fsp3) is 0.562. The Hall–Kier alpha value is -1.91. The first-order valence-corrected chi connectivity index (χ1v) is 7.44. The minimum Gasteiger partial charge on any atom is -0.497 e. The molecule has 3 rings (SSSR count). The fourth-order valence-electron chi connectivity index (χ4n) is 3.43. The Morgan fingerprint density at radius 3 is 2.95 bits per heavy atom. The molecule has 5 heteroatoms. The average Bonchev–Trinajstić information content (AvgIpc) is 2.42. The summed E-state index contributed by atoms with van der Waals surface area (Å²) in [5.41, 5.74) is 1.56. The number of methoxy groups -OCH3 is 1. The number of amides is 2. The lowest BCUT2D eigenvalue weighted by Crippen LogP contribution is -2.64. The van der Waals surface area contributed by atoms with E-state index in [0.29, 0.717) is 6.54 Å². The van der Waals surface area contributed by atoms with E-state index < -0.39 is 5.72 Å². The van der Waals surface area contributed by atoms with Crippen molar-refractivity contribution in [2.75, 3.05) is 13.7 Å². The van der Waals surface area contributed by atoms with Crippen LogP contribution in [0.5, 0.6) is 11.5 Å². The number of hydrogen-bond donors (Lipinski definition) is 1. The lowest BCUT2D eigenvalue weighted by atomic mass is 9.88. The van der Waals surface area contributed by atoms with Gasteiger partial charge < -0.3 is 14.8 Å². The van der Waals surface area contributed by atoms with Crippen LogP contribution in [0.15, 0.2) is 12.1 Å². The summed E-state index contributed by atoms with van der Waals surface area (Å²) >= 11 is 0. The third-order valence-corrected chi connectivity index (χ3v) is 4.38. The van der Waals surface area contributed by atoms with Gasteiger partial charge in [-0.1, -0.05) is 6.92 Å². The Bertz CT molecular complexity index is 587. The Kier molecular flexibility index (Phi) is 3.23. The summed E-state index contributed by atoms with van der Waals surface area (Å²) in [5, 5.41) is 3.11. The average molecular weight is 290 g/mol. The lowest BCUT2D eigenvalue weighted by molar-refractivity contribution is -0.0838. The second kappa shape index (κ2) is 4.83. The van der Waals surface area contributed by atoms with E-state index in [-0.39, 0.29) is 12.1 Å². The van der Waals surface area contributed by atoms with Crippen LogP contribution in [0.2, 0.25) is 0 Å². The van der Waals surface area contributed by atoms with Crippen LogP contribution in [-0.4, -0.2) is 30.3 Å². The Morgan fingerprint density at radius 2 is 2.29 bits per heavy atom. The van der Waals surface area contributed by atoms with Crippen LogP contribution in [-0.2, 0) is 0 Å². The summed E-state index contributed by atoms with van der Waals surface area (Å²) in [5.74, 6) is 1.59. The zero-order chi connectivity index (χ0) is 15.2. The molecule has 0 radical (unpaired) electrons. The number of carbonyl (C=O) groups excluding carboxylic acids is 1. The van der Waals surface area contributed by atoms with Crippen molar-refractivity contribution in [1.82, 2.24) is 10.2 Å². The van der Waals surface area contributed by atoms with Crippen molar-refractivity contribution >= 4 is 6.03 Å². The second-order valence-electron chi connectivity index (χ2n) is 5.99. The number of nitrogens with zero attached hydrogens (tertiary/aromatic N) is 1. The molecule has 1 N–H and O–H groups in total. The molecule has 0 saturated carbocycles. The smallest absolute Gasteiger partial charge is 0.320 e. The van der Waals surface area contributed by atoms with Crippen molar-refractivity contribution in [3.63, 3.8) is 0 Å². The molecule has 0 aromatic heterocycles. The van der Waals surface area contributed by atoms with E-state index in [1.165, 1.54) is 0 Å². The molecule has 5 nitrogen and oxygen atoms in total. The third kappa shape index (κ3) is 2.11. The minimum atomic E-state index is -0.588. The molecule has 2 aliphatic heterocycles. The van der Waals surface area contributed by atoms with E-state index in [9.17, 15) is 4.79 Å². The molecular formula is C16H22N2O3. The number of carbonyl (C=O) groups is 1. The number of benzene rings is 1. The maximum absolute atomic E-state index is 12.4. The standard InChI is InChI=1S/C16H22N2O3/c1-5-6-18-15(19)17-12-9-16(18,3)21-13-8-11(20-4)7-10(2)14(12)13/h7-8,12H,5-6,9H2,1-4H3,(H,17,19). The largest absolute Gasteiger partial charge is 0.497 e. The number of urea groups is 1. The minimum absolute atomic E-state index is 0.00487. The summed E-state index contributed by atoms with van der Waals surface area (Å²) in [6.45, 7) is 6.77. The molecule has 2 bridgehead atoms. The first kappa shape index (κ1) is 14.0. The molecule has 2 heterocycles. The first-order chi connectivity index (χ1) is 9.98. The third-order valence-electron chi connectivity index (χ3n) is 4.38. The maximum atomic E-state index is 12.4. The highest BCUT2D eigenvalue weighted by Gasteiger charge is 2.49. The van der Waals surface area contributed by atoms with Gasteiger partial charge in [-0.2, -0.15) is 0 Å². The van der Waals surface area contributed by atoms with Gasteiger partial charge in [0, 0.05) is 24.6 Å². The van der Waals surface area contributed by atoms with Crippen molar-refractivity contribution in [2.24, 2.45) is 0 Å². The SMILES string of the molecule is CCCN1C(=O)NC2CC1(C)Oc1cc(OC)cc(C)c12. The molecule has 2 aliphatic rings. The quantitative estimate of drug-likeness (QED) is 0.931. The topological polar surface area (TPSA) is 50.8 Å². The Morgan fingerprint density at radius 1 is 1.52 bits per heavy atom. The highest BCUT2D eigenvalue weighted by atomic mass is 16.5. The molecule has 2 amide bonds. The molecule has 2 unspecified atom stereocenters. The molecule has 2 atom stereocenters. The Labute approximate surface area is 125 Å². The van der Waals surface area contributed by atoms with Gasteiger partial charge in [0.05, 0.1) is 13.2 Å². The number of rotatable bonds is 3. The van der Waals surface area contributed by atoms with E-state index in [4.69, 9.17) is 9.47 Å². The molecule has 1 aromatic carbocycles. The number of fused-ring (bicyclic) bond motifs is 4. The molecule has 1 fully saturated rings. The molecule has 0 aliphatic carbocycles.